The average molecular weight is 384 g/mol. The van der Waals surface area contributed by atoms with Gasteiger partial charge >= 0.3 is 0 Å². The third-order valence-corrected chi connectivity index (χ3v) is 5.80. The van der Waals surface area contributed by atoms with Gasteiger partial charge in [0.2, 0.25) is 5.91 Å². The smallest absolute Gasteiger partial charge is 0.217 e. The number of aliphatic hydroxyl groups excluding tert-OH is 2. The summed E-state index contributed by atoms with van der Waals surface area (Å²) in [4.78, 5) is 11.9. The highest BCUT2D eigenvalue weighted by Crippen LogP contribution is 2.26. The minimum atomic E-state index is -0.852. The number of carbonyl (C=O) groups excluding carboxylic acids is 1. The number of hydrogen-bond donors (Lipinski definition) is 3. The van der Waals surface area contributed by atoms with Crippen LogP contribution in [0.15, 0.2) is 11.4 Å². The molecule has 1 rings (SSSR count). The molecule has 0 saturated carbocycles. The molecule has 1 aromatic heterocycles. The van der Waals surface area contributed by atoms with Gasteiger partial charge in [0.1, 0.15) is 6.10 Å². The molecule has 3 N–H and O–H groups in total. The maximum Gasteiger partial charge on any atom is 0.217 e. The maximum atomic E-state index is 11.1. The van der Waals surface area contributed by atoms with E-state index in [9.17, 15) is 15.0 Å². The van der Waals surface area contributed by atoms with Crippen molar-refractivity contribution in [2.24, 2.45) is 0 Å². The second-order valence-corrected chi connectivity index (χ2v) is 8.17. The Bertz CT molecular complexity index is 489. The lowest BCUT2D eigenvalue weighted by atomic mass is 10.0. The molecule has 0 fully saturated rings. The molecule has 0 radical (unpaired) electrons. The third-order valence-electron chi connectivity index (χ3n) is 4.75. The van der Waals surface area contributed by atoms with Gasteiger partial charge < -0.3 is 15.5 Å². The molecular formula is C21H37NO3S. The zero-order valence-electron chi connectivity index (χ0n) is 16.5. The van der Waals surface area contributed by atoms with Crippen LogP contribution in [-0.2, 0) is 11.2 Å². The van der Waals surface area contributed by atoms with Crippen molar-refractivity contribution in [1.82, 2.24) is 5.32 Å². The Hall–Kier alpha value is -0.910. The van der Waals surface area contributed by atoms with E-state index in [1.807, 2.05) is 6.07 Å². The number of unbranched alkanes of at least 4 members (excludes halogenated alkanes) is 9. The monoisotopic (exact) mass is 383 g/mol. The molecule has 150 valence electrons. The van der Waals surface area contributed by atoms with Crippen molar-refractivity contribution in [3.8, 4) is 0 Å². The summed E-state index contributed by atoms with van der Waals surface area (Å²) in [6.45, 7) is 3.37. The van der Waals surface area contributed by atoms with E-state index in [-0.39, 0.29) is 12.5 Å². The topological polar surface area (TPSA) is 69.6 Å². The highest BCUT2D eigenvalue weighted by atomic mass is 32.1. The first kappa shape index (κ1) is 23.1. The van der Waals surface area contributed by atoms with Gasteiger partial charge in [-0.05, 0) is 29.9 Å². The number of carbonyl (C=O) groups is 1. The summed E-state index contributed by atoms with van der Waals surface area (Å²) >= 11 is 1.50. The Morgan fingerprint density at radius 3 is 2.19 bits per heavy atom. The van der Waals surface area contributed by atoms with Gasteiger partial charge in [-0.3, -0.25) is 4.79 Å². The molecule has 4 nitrogen and oxygen atoms in total. The molecule has 0 spiro atoms. The van der Waals surface area contributed by atoms with Crippen LogP contribution < -0.4 is 5.32 Å². The van der Waals surface area contributed by atoms with Gasteiger partial charge in [-0.1, -0.05) is 64.7 Å². The van der Waals surface area contributed by atoms with Crippen molar-refractivity contribution in [3.63, 3.8) is 0 Å². The van der Waals surface area contributed by atoms with Crippen LogP contribution >= 0.6 is 11.3 Å². The molecule has 26 heavy (non-hydrogen) atoms. The standard InChI is InChI=1S/C21H37NO3S/c1-3-4-5-6-7-8-9-10-11-12-13-18-14-20(26-16-18)21(25)19(15-23)22-17(2)24/h14,16,19,21,23,25H,3-13,15H2,1-2H3,(H,22,24). The predicted octanol–water partition coefficient (Wildman–Crippen LogP) is 4.74. The molecule has 2 unspecified atom stereocenters. The predicted molar refractivity (Wildman–Crippen MR) is 110 cm³/mol. The fourth-order valence-electron chi connectivity index (χ4n) is 3.18. The molecule has 0 aliphatic heterocycles. The van der Waals surface area contributed by atoms with Crippen molar-refractivity contribution in [3.05, 3.63) is 21.9 Å². The molecule has 0 aliphatic rings. The van der Waals surface area contributed by atoms with Gasteiger partial charge in [0.15, 0.2) is 0 Å². The first-order valence-corrected chi connectivity index (χ1v) is 11.1. The first-order valence-electron chi connectivity index (χ1n) is 10.2. The number of aliphatic hydroxyl groups is 2. The number of nitrogens with one attached hydrogen (secondary N) is 1. The van der Waals surface area contributed by atoms with Crippen molar-refractivity contribution >= 4 is 17.2 Å². The fourth-order valence-corrected chi connectivity index (χ4v) is 4.18. The Morgan fingerprint density at radius 2 is 1.65 bits per heavy atom. The number of rotatable bonds is 15. The van der Waals surface area contributed by atoms with Crippen LogP contribution in [0, 0.1) is 0 Å². The molecule has 0 aliphatic carbocycles. The van der Waals surface area contributed by atoms with Gasteiger partial charge in [0.05, 0.1) is 12.6 Å². The Kier molecular flexibility index (Phi) is 12.6. The van der Waals surface area contributed by atoms with E-state index >= 15 is 0 Å². The van der Waals surface area contributed by atoms with Crippen LogP contribution in [0.2, 0.25) is 0 Å². The van der Waals surface area contributed by atoms with Crippen LogP contribution in [0.25, 0.3) is 0 Å². The molecule has 0 bridgehead atoms. The van der Waals surface area contributed by atoms with E-state index in [2.05, 4.69) is 17.6 Å². The minimum Gasteiger partial charge on any atom is -0.394 e. The van der Waals surface area contributed by atoms with Crippen molar-refractivity contribution < 1.29 is 15.0 Å². The maximum absolute atomic E-state index is 11.1. The molecule has 2 atom stereocenters. The Morgan fingerprint density at radius 1 is 1.08 bits per heavy atom. The molecule has 1 heterocycles. The van der Waals surface area contributed by atoms with E-state index in [0.29, 0.717) is 0 Å². The number of amides is 1. The minimum absolute atomic E-state index is 0.245. The zero-order valence-corrected chi connectivity index (χ0v) is 17.3. The largest absolute Gasteiger partial charge is 0.394 e. The molecule has 1 amide bonds. The van der Waals surface area contributed by atoms with E-state index in [0.717, 1.165) is 11.3 Å². The lowest BCUT2D eigenvalue weighted by Crippen LogP contribution is -2.40. The van der Waals surface area contributed by atoms with Crippen LogP contribution in [0.1, 0.15) is 94.6 Å². The molecule has 5 heteroatoms. The lowest BCUT2D eigenvalue weighted by Gasteiger charge is -2.20. The normalized spacial score (nSPS) is 13.5. The summed E-state index contributed by atoms with van der Waals surface area (Å²) in [5, 5.41) is 24.3. The number of hydrogen-bond acceptors (Lipinski definition) is 4. The molecule has 1 aromatic rings. The quantitative estimate of drug-likeness (QED) is 0.383. The second-order valence-electron chi connectivity index (χ2n) is 7.22. The van der Waals surface area contributed by atoms with E-state index in [1.165, 1.54) is 88.0 Å². The summed E-state index contributed by atoms with van der Waals surface area (Å²) in [6, 6.07) is 1.37. The van der Waals surface area contributed by atoms with Crippen molar-refractivity contribution in [2.75, 3.05) is 6.61 Å². The third kappa shape index (κ3) is 9.70. The summed E-state index contributed by atoms with van der Waals surface area (Å²) in [7, 11) is 0. The summed E-state index contributed by atoms with van der Waals surface area (Å²) in [5.74, 6) is -0.245. The van der Waals surface area contributed by atoms with Gasteiger partial charge in [-0.2, -0.15) is 0 Å². The Labute approximate surface area is 163 Å². The molecule has 0 aromatic carbocycles. The summed E-state index contributed by atoms with van der Waals surface area (Å²) in [6.07, 6.45) is 13.5. The Balaban J connectivity index is 2.18. The SMILES string of the molecule is CCCCCCCCCCCCc1csc(C(O)C(CO)NC(C)=O)c1. The van der Waals surface area contributed by atoms with Crippen LogP contribution in [-0.4, -0.2) is 28.8 Å². The highest BCUT2D eigenvalue weighted by Gasteiger charge is 2.22. The molecule has 0 saturated heterocycles. The van der Waals surface area contributed by atoms with E-state index in [4.69, 9.17) is 0 Å². The van der Waals surface area contributed by atoms with Crippen molar-refractivity contribution in [2.45, 2.75) is 96.6 Å². The van der Waals surface area contributed by atoms with Gasteiger partial charge in [-0.25, -0.2) is 0 Å². The first-order chi connectivity index (χ1) is 12.6. The number of aryl methyl sites for hydroxylation is 1. The molecular weight excluding hydrogens is 346 g/mol. The second kappa shape index (κ2) is 14.2. The van der Waals surface area contributed by atoms with Crippen LogP contribution in [0.3, 0.4) is 0 Å². The van der Waals surface area contributed by atoms with E-state index < -0.39 is 12.1 Å². The summed E-state index contributed by atoms with van der Waals surface area (Å²) < 4.78 is 0. The number of thiophene rings is 1. The van der Waals surface area contributed by atoms with Gasteiger partial charge in [0.25, 0.3) is 0 Å². The zero-order chi connectivity index (χ0) is 19.2. The average Bonchev–Trinajstić information content (AvgIpc) is 3.09. The van der Waals surface area contributed by atoms with E-state index in [1.54, 1.807) is 0 Å². The van der Waals surface area contributed by atoms with Crippen LogP contribution in [0.5, 0.6) is 0 Å². The highest BCUT2D eigenvalue weighted by molar-refractivity contribution is 7.10. The van der Waals surface area contributed by atoms with Crippen LogP contribution in [0.4, 0.5) is 0 Å². The lowest BCUT2D eigenvalue weighted by molar-refractivity contribution is -0.121. The fraction of sp³-hybridized carbons (Fsp3) is 0.762. The van der Waals surface area contributed by atoms with Gasteiger partial charge in [0, 0.05) is 11.8 Å². The van der Waals surface area contributed by atoms with Crippen molar-refractivity contribution in [1.29, 1.82) is 0 Å². The van der Waals surface area contributed by atoms with Gasteiger partial charge in [-0.15, -0.1) is 11.3 Å². The summed E-state index contributed by atoms with van der Waals surface area (Å²) in [5.41, 5.74) is 1.24.